The Hall–Kier alpha value is -4.62. The summed E-state index contributed by atoms with van der Waals surface area (Å²) in [6, 6.07) is 44.4. The van der Waals surface area contributed by atoms with Crippen LogP contribution < -0.4 is 0 Å². The van der Waals surface area contributed by atoms with Gasteiger partial charge < -0.3 is 4.57 Å². The fourth-order valence-electron chi connectivity index (χ4n) is 6.11. The number of allylic oxidation sites excluding steroid dienone is 4. The number of hydrogen-bond acceptors (Lipinski definition) is 0. The van der Waals surface area contributed by atoms with E-state index >= 15 is 0 Å². The molecule has 1 heterocycles. The molecule has 0 radical (unpaired) electrons. The van der Waals surface area contributed by atoms with E-state index in [4.69, 9.17) is 0 Å². The lowest BCUT2D eigenvalue weighted by Crippen LogP contribution is -2.33. The standard InChI is InChI=1S/C37H29N/c1-27-19-20-36-34(23-27)33-17-9-10-18-35(33)38(36)37(21-11-4-12-22-37)32-25-30(28-13-5-2-6-14-28)24-31(26-32)29-15-7-3-8-16-29/h2-21,23-26H,22H2,1H3. The average molecular weight is 488 g/mol. The number of rotatable bonds is 4. The van der Waals surface area contributed by atoms with E-state index in [0.717, 1.165) is 6.42 Å². The molecule has 1 unspecified atom stereocenters. The van der Waals surface area contributed by atoms with Gasteiger partial charge in [0.05, 0.1) is 16.6 Å². The minimum absolute atomic E-state index is 0.361. The van der Waals surface area contributed by atoms with E-state index in [2.05, 4.69) is 157 Å². The van der Waals surface area contributed by atoms with Crippen LogP contribution in [0.2, 0.25) is 0 Å². The molecule has 0 spiro atoms. The van der Waals surface area contributed by atoms with Gasteiger partial charge in [-0.2, -0.15) is 0 Å². The van der Waals surface area contributed by atoms with Crippen LogP contribution in [0.5, 0.6) is 0 Å². The first-order valence-corrected chi connectivity index (χ1v) is 13.3. The summed E-state index contributed by atoms with van der Waals surface area (Å²) < 4.78 is 2.58. The van der Waals surface area contributed by atoms with Gasteiger partial charge in [0.2, 0.25) is 0 Å². The number of para-hydroxylation sites is 1. The van der Waals surface area contributed by atoms with E-state index < -0.39 is 0 Å². The van der Waals surface area contributed by atoms with Gasteiger partial charge in [-0.25, -0.2) is 0 Å². The molecule has 0 saturated heterocycles. The van der Waals surface area contributed by atoms with Gasteiger partial charge in [0.25, 0.3) is 0 Å². The fraction of sp³-hybridized carbons (Fsp3) is 0.0811. The van der Waals surface area contributed by atoms with Crippen LogP contribution in [0.1, 0.15) is 17.5 Å². The van der Waals surface area contributed by atoms with Crippen molar-refractivity contribution in [3.8, 4) is 22.3 Å². The maximum atomic E-state index is 2.58. The summed E-state index contributed by atoms with van der Waals surface area (Å²) in [7, 11) is 0. The lowest BCUT2D eigenvalue weighted by atomic mass is 9.80. The van der Waals surface area contributed by atoms with E-state index in [0.29, 0.717) is 0 Å². The highest BCUT2D eigenvalue weighted by molar-refractivity contribution is 6.08. The largest absolute Gasteiger partial charge is 0.326 e. The first-order chi connectivity index (χ1) is 18.7. The van der Waals surface area contributed by atoms with Crippen LogP contribution in [0, 0.1) is 6.92 Å². The Labute approximate surface area is 224 Å². The van der Waals surface area contributed by atoms with Gasteiger partial charge >= 0.3 is 0 Å². The highest BCUT2D eigenvalue weighted by Gasteiger charge is 2.35. The van der Waals surface area contributed by atoms with Crippen LogP contribution in [0.15, 0.2) is 146 Å². The minimum Gasteiger partial charge on any atom is -0.326 e. The summed E-state index contributed by atoms with van der Waals surface area (Å²) in [6.07, 6.45) is 9.99. The maximum Gasteiger partial charge on any atom is 0.0924 e. The lowest BCUT2D eigenvalue weighted by Gasteiger charge is -2.36. The van der Waals surface area contributed by atoms with E-state index in [1.165, 1.54) is 55.2 Å². The lowest BCUT2D eigenvalue weighted by molar-refractivity contribution is 0.478. The highest BCUT2D eigenvalue weighted by Crippen LogP contribution is 2.44. The number of nitrogens with zero attached hydrogens (tertiary/aromatic N) is 1. The molecule has 1 aliphatic rings. The molecule has 0 aliphatic heterocycles. The Morgan fingerprint density at radius 3 is 1.84 bits per heavy atom. The Kier molecular flexibility index (Phi) is 5.37. The van der Waals surface area contributed by atoms with Crippen LogP contribution in [0.25, 0.3) is 44.1 Å². The van der Waals surface area contributed by atoms with Gasteiger partial charge in [-0.3, -0.25) is 0 Å². The summed E-state index contributed by atoms with van der Waals surface area (Å²) >= 11 is 0. The quantitative estimate of drug-likeness (QED) is 0.233. The molecular weight excluding hydrogens is 458 g/mol. The summed E-state index contributed by atoms with van der Waals surface area (Å²) in [5.74, 6) is 0. The first-order valence-electron chi connectivity index (χ1n) is 13.3. The molecule has 0 fully saturated rings. The number of benzene rings is 5. The van der Waals surface area contributed by atoms with Gasteiger partial charge in [-0.1, -0.05) is 115 Å². The zero-order valence-corrected chi connectivity index (χ0v) is 21.5. The van der Waals surface area contributed by atoms with E-state index in [1.54, 1.807) is 0 Å². The van der Waals surface area contributed by atoms with Gasteiger partial charge in [-0.05, 0) is 77.6 Å². The minimum atomic E-state index is -0.361. The highest BCUT2D eigenvalue weighted by atomic mass is 15.1. The Bertz CT molecular complexity index is 1780. The first kappa shape index (κ1) is 22.6. The molecule has 0 saturated carbocycles. The molecule has 1 nitrogen and oxygen atoms in total. The van der Waals surface area contributed by atoms with Crippen LogP contribution >= 0.6 is 0 Å². The molecule has 6 aromatic rings. The van der Waals surface area contributed by atoms with E-state index in [1.807, 2.05) is 0 Å². The summed E-state index contributed by atoms with van der Waals surface area (Å²) in [6.45, 7) is 2.18. The Balaban J connectivity index is 1.58. The second-order valence-electron chi connectivity index (χ2n) is 10.3. The molecule has 0 bridgehead atoms. The van der Waals surface area contributed by atoms with Crippen molar-refractivity contribution < 1.29 is 0 Å². The van der Waals surface area contributed by atoms with Gasteiger partial charge in [-0.15, -0.1) is 0 Å². The van der Waals surface area contributed by atoms with Crippen molar-refractivity contribution in [2.75, 3.05) is 0 Å². The molecule has 182 valence electrons. The topological polar surface area (TPSA) is 4.93 Å². The number of aromatic nitrogens is 1. The van der Waals surface area contributed by atoms with Crippen molar-refractivity contribution in [2.24, 2.45) is 0 Å². The number of hydrogen-bond donors (Lipinski definition) is 0. The summed E-state index contributed by atoms with van der Waals surface area (Å²) in [5.41, 5.74) is 9.68. The second kappa shape index (κ2) is 9.04. The fourth-order valence-corrected chi connectivity index (χ4v) is 6.11. The summed E-state index contributed by atoms with van der Waals surface area (Å²) in [4.78, 5) is 0. The third-order valence-electron chi connectivity index (χ3n) is 7.92. The van der Waals surface area contributed by atoms with Crippen LogP contribution in [0.3, 0.4) is 0 Å². The summed E-state index contributed by atoms with van der Waals surface area (Å²) in [5, 5.41) is 2.61. The Morgan fingerprint density at radius 1 is 0.553 bits per heavy atom. The Morgan fingerprint density at radius 2 is 1.18 bits per heavy atom. The zero-order chi connectivity index (χ0) is 25.5. The number of aryl methyl sites for hydroxylation is 1. The second-order valence-corrected chi connectivity index (χ2v) is 10.3. The van der Waals surface area contributed by atoms with Gasteiger partial charge in [0.1, 0.15) is 0 Å². The number of fused-ring (bicyclic) bond motifs is 3. The molecule has 7 rings (SSSR count). The van der Waals surface area contributed by atoms with E-state index in [9.17, 15) is 0 Å². The molecule has 1 atom stereocenters. The predicted octanol–water partition coefficient (Wildman–Crippen LogP) is 9.70. The molecule has 5 aromatic carbocycles. The maximum absolute atomic E-state index is 2.58. The zero-order valence-electron chi connectivity index (χ0n) is 21.5. The van der Waals surface area contributed by atoms with Crippen molar-refractivity contribution in [2.45, 2.75) is 18.9 Å². The monoisotopic (exact) mass is 487 g/mol. The predicted molar refractivity (Wildman–Crippen MR) is 161 cm³/mol. The SMILES string of the molecule is Cc1ccc2c(c1)c1ccccc1n2C1(c2cc(-c3ccccc3)cc(-c3ccccc3)c2)C=CC=CC1. The van der Waals surface area contributed by atoms with Crippen molar-refractivity contribution in [1.29, 1.82) is 0 Å². The van der Waals surface area contributed by atoms with Crippen molar-refractivity contribution >= 4 is 21.8 Å². The van der Waals surface area contributed by atoms with E-state index in [-0.39, 0.29) is 5.54 Å². The molecule has 1 aliphatic carbocycles. The van der Waals surface area contributed by atoms with Crippen molar-refractivity contribution in [3.63, 3.8) is 0 Å². The average Bonchev–Trinajstić information content (AvgIpc) is 3.32. The van der Waals surface area contributed by atoms with Crippen LogP contribution in [-0.4, -0.2) is 4.57 Å². The van der Waals surface area contributed by atoms with Crippen LogP contribution in [-0.2, 0) is 5.54 Å². The molecule has 38 heavy (non-hydrogen) atoms. The van der Waals surface area contributed by atoms with Gasteiger partial charge in [0, 0.05) is 10.8 Å². The van der Waals surface area contributed by atoms with Gasteiger partial charge in [0.15, 0.2) is 0 Å². The normalized spacial score (nSPS) is 16.9. The smallest absolute Gasteiger partial charge is 0.0924 e. The molecule has 0 N–H and O–H groups in total. The molecule has 0 amide bonds. The van der Waals surface area contributed by atoms with Crippen LogP contribution in [0.4, 0.5) is 0 Å². The third-order valence-corrected chi connectivity index (χ3v) is 7.92. The third kappa shape index (κ3) is 3.63. The van der Waals surface area contributed by atoms with Crippen molar-refractivity contribution in [3.05, 3.63) is 157 Å². The molecular formula is C37H29N. The molecule has 1 aromatic heterocycles. The van der Waals surface area contributed by atoms with Crippen molar-refractivity contribution in [1.82, 2.24) is 4.57 Å². The molecule has 1 heteroatoms.